The Labute approximate surface area is 146 Å². The van der Waals surface area contributed by atoms with Crippen LogP contribution in [0, 0.1) is 5.92 Å². The normalized spacial score (nSPS) is 13.3. The summed E-state index contributed by atoms with van der Waals surface area (Å²) in [5, 5.41) is 11.9. The maximum Gasteiger partial charge on any atom is 0.335 e. The van der Waals surface area contributed by atoms with Gasteiger partial charge in [-0.1, -0.05) is 30.3 Å². The number of rotatable bonds is 8. The van der Waals surface area contributed by atoms with Crippen molar-refractivity contribution in [3.05, 3.63) is 65.2 Å². The summed E-state index contributed by atoms with van der Waals surface area (Å²) >= 11 is 0. The first-order valence-electron chi connectivity index (χ1n) is 8.41. The predicted octanol–water partition coefficient (Wildman–Crippen LogP) is 3.03. The molecule has 1 amide bonds. The van der Waals surface area contributed by atoms with Crippen LogP contribution in [0.3, 0.4) is 0 Å². The summed E-state index contributed by atoms with van der Waals surface area (Å²) in [5.41, 5.74) is 1.80. The molecule has 0 atom stereocenters. The molecule has 0 aromatic heterocycles. The molecular weight excluding hydrogens is 318 g/mol. The lowest BCUT2D eigenvalue weighted by Crippen LogP contribution is -2.25. The number of carboxylic acids is 1. The van der Waals surface area contributed by atoms with E-state index >= 15 is 0 Å². The molecule has 0 radical (unpaired) electrons. The fourth-order valence-electron chi connectivity index (χ4n) is 2.54. The molecule has 2 aromatic rings. The van der Waals surface area contributed by atoms with Gasteiger partial charge in [-0.25, -0.2) is 4.79 Å². The van der Waals surface area contributed by atoms with Gasteiger partial charge >= 0.3 is 5.97 Å². The largest absolute Gasteiger partial charge is 0.493 e. The zero-order valence-corrected chi connectivity index (χ0v) is 13.9. The Bertz CT molecular complexity index is 768. The third-order valence-corrected chi connectivity index (χ3v) is 4.16. The van der Waals surface area contributed by atoms with Crippen LogP contribution < -0.4 is 10.1 Å². The number of benzene rings is 2. The standard InChI is InChI=1S/C20H21NO4/c22-19(11-15-4-3-6-16(10-15)20(23)24)21-12-17-5-1-2-7-18(17)25-13-14-8-9-14/h1-7,10,14H,8-9,11-13H2,(H,21,22)(H,23,24). The molecule has 0 heterocycles. The van der Waals surface area contributed by atoms with Gasteiger partial charge in [0.2, 0.25) is 5.91 Å². The number of carboxylic acid groups (broad SMARTS) is 1. The first kappa shape index (κ1) is 17.0. The predicted molar refractivity (Wildman–Crippen MR) is 93.6 cm³/mol. The molecule has 0 unspecified atom stereocenters. The van der Waals surface area contributed by atoms with Gasteiger partial charge in [0.1, 0.15) is 5.75 Å². The molecule has 0 aliphatic heterocycles. The highest BCUT2D eigenvalue weighted by molar-refractivity contribution is 5.88. The quantitative estimate of drug-likeness (QED) is 0.775. The molecule has 0 bridgehead atoms. The number of aromatic carboxylic acids is 1. The average molecular weight is 339 g/mol. The van der Waals surface area contributed by atoms with E-state index in [-0.39, 0.29) is 17.9 Å². The van der Waals surface area contributed by atoms with E-state index in [4.69, 9.17) is 9.84 Å². The van der Waals surface area contributed by atoms with Gasteiger partial charge < -0.3 is 15.2 Å². The molecule has 3 rings (SSSR count). The fraction of sp³-hybridized carbons (Fsp3) is 0.300. The number of amides is 1. The molecule has 2 N–H and O–H groups in total. The fourth-order valence-corrected chi connectivity index (χ4v) is 2.54. The maximum atomic E-state index is 12.2. The van der Waals surface area contributed by atoms with Crippen LogP contribution in [0.2, 0.25) is 0 Å². The first-order valence-corrected chi connectivity index (χ1v) is 8.41. The number of nitrogens with one attached hydrogen (secondary N) is 1. The van der Waals surface area contributed by atoms with Gasteiger partial charge in [0, 0.05) is 12.1 Å². The third kappa shape index (κ3) is 5.08. The Hall–Kier alpha value is -2.82. The molecule has 0 spiro atoms. The monoisotopic (exact) mass is 339 g/mol. The van der Waals surface area contributed by atoms with Gasteiger partial charge in [0.25, 0.3) is 0 Å². The summed E-state index contributed by atoms with van der Waals surface area (Å²) in [7, 11) is 0. The Morgan fingerprint density at radius 2 is 1.92 bits per heavy atom. The maximum absolute atomic E-state index is 12.2. The molecule has 5 heteroatoms. The summed E-state index contributed by atoms with van der Waals surface area (Å²) in [6, 6.07) is 14.1. The van der Waals surface area contributed by atoms with Crippen molar-refractivity contribution in [3.63, 3.8) is 0 Å². The number of ether oxygens (including phenoxy) is 1. The molecule has 1 saturated carbocycles. The van der Waals surface area contributed by atoms with E-state index in [2.05, 4.69) is 5.32 Å². The van der Waals surface area contributed by atoms with Crippen LogP contribution in [0.1, 0.15) is 34.3 Å². The van der Waals surface area contributed by atoms with Crippen LogP contribution in [0.5, 0.6) is 5.75 Å². The smallest absolute Gasteiger partial charge is 0.335 e. The van der Waals surface area contributed by atoms with Crippen LogP contribution in [-0.4, -0.2) is 23.6 Å². The molecule has 130 valence electrons. The van der Waals surface area contributed by atoms with Crippen molar-refractivity contribution < 1.29 is 19.4 Å². The zero-order chi connectivity index (χ0) is 17.6. The van der Waals surface area contributed by atoms with Crippen LogP contribution in [0.25, 0.3) is 0 Å². The van der Waals surface area contributed by atoms with Crippen molar-refractivity contribution in [2.75, 3.05) is 6.61 Å². The number of hydrogen-bond donors (Lipinski definition) is 2. The van der Waals surface area contributed by atoms with Crippen molar-refractivity contribution in [2.45, 2.75) is 25.8 Å². The van der Waals surface area contributed by atoms with Gasteiger partial charge in [-0.15, -0.1) is 0 Å². The number of hydrogen-bond acceptors (Lipinski definition) is 3. The molecule has 1 aliphatic carbocycles. The molecule has 5 nitrogen and oxygen atoms in total. The molecule has 0 saturated heterocycles. The average Bonchev–Trinajstić information content (AvgIpc) is 3.43. The van der Waals surface area contributed by atoms with Gasteiger partial charge in [-0.05, 0) is 42.5 Å². The van der Waals surface area contributed by atoms with E-state index in [1.807, 2.05) is 24.3 Å². The van der Waals surface area contributed by atoms with E-state index in [0.717, 1.165) is 17.9 Å². The van der Waals surface area contributed by atoms with Crippen molar-refractivity contribution in [1.29, 1.82) is 0 Å². The second kappa shape index (κ2) is 7.83. The van der Waals surface area contributed by atoms with Crippen LogP contribution in [0.4, 0.5) is 0 Å². The number of carbonyl (C=O) groups excluding carboxylic acids is 1. The van der Waals surface area contributed by atoms with Gasteiger partial charge in [-0.3, -0.25) is 4.79 Å². The first-order chi connectivity index (χ1) is 12.1. The van der Waals surface area contributed by atoms with Crippen molar-refractivity contribution in [1.82, 2.24) is 5.32 Å². The van der Waals surface area contributed by atoms with Crippen LogP contribution >= 0.6 is 0 Å². The zero-order valence-electron chi connectivity index (χ0n) is 13.9. The van der Waals surface area contributed by atoms with E-state index in [0.29, 0.717) is 18.0 Å². The minimum atomic E-state index is -0.996. The third-order valence-electron chi connectivity index (χ3n) is 4.16. The molecular formula is C20H21NO4. The minimum absolute atomic E-state index is 0.145. The van der Waals surface area contributed by atoms with Crippen molar-refractivity contribution in [3.8, 4) is 5.75 Å². The SMILES string of the molecule is O=C(Cc1cccc(C(=O)O)c1)NCc1ccccc1OCC1CC1. The van der Waals surface area contributed by atoms with E-state index in [1.165, 1.54) is 25.0 Å². The highest BCUT2D eigenvalue weighted by atomic mass is 16.5. The molecule has 2 aromatic carbocycles. The lowest BCUT2D eigenvalue weighted by atomic mass is 10.1. The summed E-state index contributed by atoms with van der Waals surface area (Å²) in [4.78, 5) is 23.1. The van der Waals surface area contributed by atoms with Gasteiger partial charge in [0.15, 0.2) is 0 Å². The molecule has 25 heavy (non-hydrogen) atoms. The van der Waals surface area contributed by atoms with Gasteiger partial charge in [0.05, 0.1) is 18.6 Å². The van der Waals surface area contributed by atoms with Crippen LogP contribution in [0.15, 0.2) is 48.5 Å². The Morgan fingerprint density at radius 3 is 2.68 bits per heavy atom. The Kier molecular flexibility index (Phi) is 5.33. The summed E-state index contributed by atoms with van der Waals surface area (Å²) in [6.07, 6.45) is 2.61. The Balaban J connectivity index is 1.55. The highest BCUT2D eigenvalue weighted by Crippen LogP contribution is 2.30. The second-order valence-electron chi connectivity index (χ2n) is 6.32. The second-order valence-corrected chi connectivity index (χ2v) is 6.32. The summed E-state index contributed by atoms with van der Waals surface area (Å²) < 4.78 is 5.84. The van der Waals surface area contributed by atoms with E-state index in [9.17, 15) is 9.59 Å². The highest BCUT2D eigenvalue weighted by Gasteiger charge is 2.22. The van der Waals surface area contributed by atoms with E-state index < -0.39 is 5.97 Å². The molecule has 1 fully saturated rings. The summed E-state index contributed by atoms with van der Waals surface area (Å²) in [6.45, 7) is 1.12. The lowest BCUT2D eigenvalue weighted by molar-refractivity contribution is -0.120. The number of para-hydroxylation sites is 1. The van der Waals surface area contributed by atoms with Crippen LogP contribution in [-0.2, 0) is 17.8 Å². The Morgan fingerprint density at radius 1 is 1.12 bits per heavy atom. The van der Waals surface area contributed by atoms with Crippen molar-refractivity contribution in [2.24, 2.45) is 5.92 Å². The number of carbonyl (C=O) groups is 2. The minimum Gasteiger partial charge on any atom is -0.493 e. The lowest BCUT2D eigenvalue weighted by Gasteiger charge is -2.12. The topological polar surface area (TPSA) is 75.6 Å². The van der Waals surface area contributed by atoms with Gasteiger partial charge in [-0.2, -0.15) is 0 Å². The summed E-state index contributed by atoms with van der Waals surface area (Å²) in [5.74, 6) is 0.329. The van der Waals surface area contributed by atoms with E-state index in [1.54, 1.807) is 12.1 Å². The van der Waals surface area contributed by atoms with Crippen molar-refractivity contribution >= 4 is 11.9 Å². The molecule has 1 aliphatic rings.